The normalized spacial score (nSPS) is 9.31. The van der Waals surface area contributed by atoms with Gasteiger partial charge in [-0.25, -0.2) is 0 Å². The third kappa shape index (κ3) is 3.30. The van der Waals surface area contributed by atoms with E-state index in [0.717, 1.165) is 6.29 Å². The summed E-state index contributed by atoms with van der Waals surface area (Å²) in [7, 11) is 0. The Bertz CT molecular complexity index is 320. The van der Waals surface area contributed by atoms with Gasteiger partial charge in [0.25, 0.3) is 0 Å². The maximum absolute atomic E-state index is 10.4. The molecule has 0 spiro atoms. The van der Waals surface area contributed by atoms with Crippen LogP contribution in [0.4, 0.5) is 0 Å². The summed E-state index contributed by atoms with van der Waals surface area (Å²) in [5.74, 6) is 0.617. The summed E-state index contributed by atoms with van der Waals surface area (Å²) >= 11 is 5.51. The highest BCUT2D eigenvalue weighted by atomic mass is 35.5. The van der Waals surface area contributed by atoms with Crippen molar-refractivity contribution in [2.75, 3.05) is 6.61 Å². The molecule has 0 saturated heterocycles. The summed E-state index contributed by atoms with van der Waals surface area (Å²) in [6, 6.07) is 6.85. The van der Waals surface area contributed by atoms with Crippen LogP contribution < -0.4 is 4.74 Å². The minimum atomic E-state index is 0.254. The molecule has 1 aromatic rings. The summed E-state index contributed by atoms with van der Waals surface area (Å²) in [4.78, 5) is 10.4. The van der Waals surface area contributed by atoms with Gasteiger partial charge < -0.3 is 4.74 Å². The standard InChI is InChI=1S/C10H9ClO2/c1-8(11)7-13-10-4-2-3-9(5-10)6-12/h2-6H,1,7H2. The summed E-state index contributed by atoms with van der Waals surface area (Å²) in [5, 5.41) is 0.427. The quantitative estimate of drug-likeness (QED) is 0.692. The second kappa shape index (κ2) is 4.67. The number of hydrogen-bond acceptors (Lipinski definition) is 2. The first-order valence-electron chi connectivity index (χ1n) is 3.73. The maximum Gasteiger partial charge on any atom is 0.150 e. The van der Waals surface area contributed by atoms with Crippen molar-refractivity contribution >= 4 is 17.9 Å². The lowest BCUT2D eigenvalue weighted by molar-refractivity contribution is 0.112. The van der Waals surface area contributed by atoms with Gasteiger partial charge in [0.1, 0.15) is 18.6 Å². The summed E-state index contributed by atoms with van der Waals surface area (Å²) < 4.78 is 5.22. The van der Waals surface area contributed by atoms with Crippen LogP contribution in [-0.4, -0.2) is 12.9 Å². The Labute approximate surface area is 81.8 Å². The Kier molecular flexibility index (Phi) is 3.53. The lowest BCUT2D eigenvalue weighted by atomic mass is 10.2. The monoisotopic (exact) mass is 196 g/mol. The van der Waals surface area contributed by atoms with Crippen molar-refractivity contribution in [3.05, 3.63) is 41.4 Å². The van der Waals surface area contributed by atoms with Crippen LogP contribution in [0.5, 0.6) is 5.75 Å². The van der Waals surface area contributed by atoms with Gasteiger partial charge in [0, 0.05) is 10.6 Å². The summed E-state index contributed by atoms with van der Waals surface area (Å²) in [6.07, 6.45) is 0.766. The molecule has 0 saturated carbocycles. The fourth-order valence-electron chi connectivity index (χ4n) is 0.839. The van der Waals surface area contributed by atoms with E-state index in [9.17, 15) is 4.79 Å². The van der Waals surface area contributed by atoms with E-state index >= 15 is 0 Å². The molecule has 0 fully saturated rings. The van der Waals surface area contributed by atoms with E-state index in [1.54, 1.807) is 24.3 Å². The minimum absolute atomic E-state index is 0.254. The van der Waals surface area contributed by atoms with Gasteiger partial charge in [0.2, 0.25) is 0 Å². The molecule has 3 heteroatoms. The molecule has 0 radical (unpaired) electrons. The van der Waals surface area contributed by atoms with Gasteiger partial charge in [-0.1, -0.05) is 30.3 Å². The van der Waals surface area contributed by atoms with Crippen molar-refractivity contribution < 1.29 is 9.53 Å². The third-order valence-electron chi connectivity index (χ3n) is 1.39. The smallest absolute Gasteiger partial charge is 0.150 e. The third-order valence-corrected chi connectivity index (χ3v) is 1.50. The van der Waals surface area contributed by atoms with Crippen molar-refractivity contribution in [1.82, 2.24) is 0 Å². The molecule has 0 aromatic heterocycles. The van der Waals surface area contributed by atoms with Crippen LogP contribution >= 0.6 is 11.6 Å². The molecule has 0 bridgehead atoms. The molecule has 0 unspecified atom stereocenters. The predicted molar refractivity (Wildman–Crippen MR) is 52.3 cm³/mol. The zero-order valence-electron chi connectivity index (χ0n) is 7.00. The SMILES string of the molecule is C=C(Cl)COc1cccc(C=O)c1. The van der Waals surface area contributed by atoms with Crippen LogP contribution in [0, 0.1) is 0 Å². The van der Waals surface area contributed by atoms with Crippen molar-refractivity contribution in [2.45, 2.75) is 0 Å². The first-order chi connectivity index (χ1) is 6.22. The average Bonchev–Trinajstić information content (AvgIpc) is 2.15. The van der Waals surface area contributed by atoms with E-state index < -0.39 is 0 Å². The second-order valence-corrected chi connectivity index (χ2v) is 3.03. The van der Waals surface area contributed by atoms with Gasteiger partial charge in [-0.3, -0.25) is 4.79 Å². The van der Waals surface area contributed by atoms with Gasteiger partial charge in [-0.15, -0.1) is 0 Å². The van der Waals surface area contributed by atoms with Gasteiger partial charge in [0.15, 0.2) is 0 Å². The number of carbonyl (C=O) groups excluding carboxylic acids is 1. The molecule has 0 aliphatic rings. The first kappa shape index (κ1) is 9.81. The van der Waals surface area contributed by atoms with Gasteiger partial charge in [0.05, 0.1) is 0 Å². The zero-order chi connectivity index (χ0) is 9.68. The molecule has 0 amide bonds. The van der Waals surface area contributed by atoms with Crippen molar-refractivity contribution in [2.24, 2.45) is 0 Å². The molecule has 68 valence electrons. The first-order valence-corrected chi connectivity index (χ1v) is 4.11. The predicted octanol–water partition coefficient (Wildman–Crippen LogP) is 2.63. The Morgan fingerprint density at radius 1 is 1.62 bits per heavy atom. The van der Waals surface area contributed by atoms with E-state index in [2.05, 4.69) is 6.58 Å². The molecule has 0 heterocycles. The number of ether oxygens (including phenoxy) is 1. The Hall–Kier alpha value is -1.28. The highest BCUT2D eigenvalue weighted by Crippen LogP contribution is 2.13. The lowest BCUT2D eigenvalue weighted by Crippen LogP contribution is -1.96. The van der Waals surface area contributed by atoms with E-state index in [1.165, 1.54) is 0 Å². The zero-order valence-corrected chi connectivity index (χ0v) is 7.75. The maximum atomic E-state index is 10.4. The lowest BCUT2D eigenvalue weighted by Gasteiger charge is -2.04. The van der Waals surface area contributed by atoms with E-state index in [1.807, 2.05) is 0 Å². The topological polar surface area (TPSA) is 26.3 Å². The minimum Gasteiger partial charge on any atom is -0.488 e. The van der Waals surface area contributed by atoms with Crippen LogP contribution in [0.15, 0.2) is 35.9 Å². The van der Waals surface area contributed by atoms with Crippen LogP contribution in [0.25, 0.3) is 0 Å². The fourth-order valence-corrected chi connectivity index (χ4v) is 0.894. The summed E-state index contributed by atoms with van der Waals surface area (Å²) in [5.41, 5.74) is 0.581. The molecule has 0 aliphatic heterocycles. The Morgan fingerprint density at radius 2 is 2.38 bits per heavy atom. The summed E-state index contributed by atoms with van der Waals surface area (Å²) in [6.45, 7) is 3.74. The number of carbonyl (C=O) groups is 1. The van der Waals surface area contributed by atoms with Crippen molar-refractivity contribution in [3.63, 3.8) is 0 Å². The average molecular weight is 197 g/mol. The fraction of sp³-hybridized carbons (Fsp3) is 0.100. The molecular weight excluding hydrogens is 188 g/mol. The second-order valence-electron chi connectivity index (χ2n) is 2.50. The number of rotatable bonds is 4. The van der Waals surface area contributed by atoms with E-state index in [-0.39, 0.29) is 6.61 Å². The highest BCUT2D eigenvalue weighted by Gasteiger charge is 1.95. The van der Waals surface area contributed by atoms with Crippen molar-refractivity contribution in [1.29, 1.82) is 0 Å². The Morgan fingerprint density at radius 3 is 3.00 bits per heavy atom. The molecule has 1 aromatic carbocycles. The van der Waals surface area contributed by atoms with Crippen LogP contribution in [0.2, 0.25) is 0 Å². The molecule has 1 rings (SSSR count). The van der Waals surface area contributed by atoms with Gasteiger partial charge >= 0.3 is 0 Å². The van der Waals surface area contributed by atoms with Crippen LogP contribution in [0.1, 0.15) is 10.4 Å². The molecule has 13 heavy (non-hydrogen) atoms. The number of benzene rings is 1. The van der Waals surface area contributed by atoms with Crippen LogP contribution in [0.3, 0.4) is 0 Å². The largest absolute Gasteiger partial charge is 0.488 e. The number of hydrogen-bond donors (Lipinski definition) is 0. The van der Waals surface area contributed by atoms with Crippen LogP contribution in [-0.2, 0) is 0 Å². The van der Waals surface area contributed by atoms with Crippen molar-refractivity contribution in [3.8, 4) is 5.75 Å². The Balaban J connectivity index is 2.66. The highest BCUT2D eigenvalue weighted by molar-refractivity contribution is 6.29. The van der Waals surface area contributed by atoms with Gasteiger partial charge in [-0.2, -0.15) is 0 Å². The number of halogens is 1. The molecule has 0 aliphatic carbocycles. The van der Waals surface area contributed by atoms with E-state index in [0.29, 0.717) is 16.3 Å². The molecular formula is C10H9ClO2. The van der Waals surface area contributed by atoms with Gasteiger partial charge in [-0.05, 0) is 12.1 Å². The number of aldehydes is 1. The van der Waals surface area contributed by atoms with E-state index in [4.69, 9.17) is 16.3 Å². The molecule has 2 nitrogen and oxygen atoms in total. The molecule has 0 N–H and O–H groups in total. The molecule has 0 atom stereocenters.